The van der Waals surface area contributed by atoms with Gasteiger partial charge in [0.05, 0.1) is 11.3 Å². The maximum atomic E-state index is 13.6. The van der Waals surface area contributed by atoms with Gasteiger partial charge in [0.1, 0.15) is 16.7 Å². The van der Waals surface area contributed by atoms with Crippen molar-refractivity contribution >= 4 is 17.9 Å². The molecule has 3 nitrogen and oxygen atoms in total. The Morgan fingerprint density at radius 2 is 2.18 bits per heavy atom. The average Bonchev–Trinajstić information content (AvgIpc) is 2.66. The molecule has 17 heavy (non-hydrogen) atoms. The number of halogens is 2. The number of aryl methyl sites for hydroxylation is 1. The minimum atomic E-state index is -0.433. The second kappa shape index (κ2) is 4.67. The molecule has 0 aliphatic carbocycles. The summed E-state index contributed by atoms with van der Waals surface area (Å²) in [5.74, 6) is -0.433. The first-order valence-electron chi connectivity index (χ1n) is 5.16. The van der Waals surface area contributed by atoms with Gasteiger partial charge in [-0.25, -0.2) is 9.07 Å². The van der Waals surface area contributed by atoms with Crippen LogP contribution in [0, 0.1) is 5.82 Å². The van der Waals surface area contributed by atoms with Crippen LogP contribution in [0.15, 0.2) is 24.3 Å². The molecule has 1 aromatic carbocycles. The maximum absolute atomic E-state index is 13.6. The molecule has 0 spiro atoms. The molecule has 88 valence electrons. The summed E-state index contributed by atoms with van der Waals surface area (Å²) in [5, 5.41) is 4.28. The summed E-state index contributed by atoms with van der Waals surface area (Å²) in [6.45, 7) is 1.86. The van der Waals surface area contributed by atoms with E-state index in [9.17, 15) is 9.18 Å². The second-order valence-electron chi connectivity index (χ2n) is 3.49. The number of nitrogens with zero attached hydrogens (tertiary/aromatic N) is 2. The molecule has 0 radical (unpaired) electrons. The molecule has 0 aliphatic rings. The zero-order valence-corrected chi connectivity index (χ0v) is 9.91. The van der Waals surface area contributed by atoms with Crippen molar-refractivity contribution < 1.29 is 9.18 Å². The summed E-state index contributed by atoms with van der Waals surface area (Å²) in [4.78, 5) is 10.9. The first-order chi connectivity index (χ1) is 8.19. The number of rotatable bonds is 3. The first-order valence-corrected chi connectivity index (χ1v) is 5.54. The minimum Gasteiger partial charge on any atom is -0.298 e. The lowest BCUT2D eigenvalue weighted by atomic mass is 10.2. The molecule has 0 saturated carbocycles. The number of para-hydroxylation sites is 1. The van der Waals surface area contributed by atoms with Gasteiger partial charge in [0.15, 0.2) is 6.29 Å². The van der Waals surface area contributed by atoms with Crippen LogP contribution < -0.4 is 0 Å². The lowest BCUT2D eigenvalue weighted by Gasteiger charge is -2.03. The number of carbonyl (C=O) groups excluding carboxylic acids is 1. The van der Waals surface area contributed by atoms with Crippen LogP contribution in [0.2, 0.25) is 5.15 Å². The van der Waals surface area contributed by atoms with Gasteiger partial charge in [-0.2, -0.15) is 5.10 Å². The van der Waals surface area contributed by atoms with Crippen LogP contribution in [0.4, 0.5) is 4.39 Å². The van der Waals surface area contributed by atoms with E-state index in [1.54, 1.807) is 18.2 Å². The summed E-state index contributed by atoms with van der Waals surface area (Å²) in [6.07, 6.45) is 1.21. The van der Waals surface area contributed by atoms with Gasteiger partial charge in [-0.15, -0.1) is 0 Å². The third kappa shape index (κ3) is 1.96. The van der Waals surface area contributed by atoms with Gasteiger partial charge in [0.25, 0.3) is 0 Å². The summed E-state index contributed by atoms with van der Waals surface area (Å²) >= 11 is 6.02. The van der Waals surface area contributed by atoms with Crippen LogP contribution in [0.3, 0.4) is 0 Å². The van der Waals surface area contributed by atoms with Crippen LogP contribution in [0.1, 0.15) is 23.0 Å². The monoisotopic (exact) mass is 252 g/mol. The fourth-order valence-corrected chi connectivity index (χ4v) is 1.90. The smallest absolute Gasteiger partial charge is 0.155 e. The zero-order valence-electron chi connectivity index (χ0n) is 9.15. The van der Waals surface area contributed by atoms with E-state index in [4.69, 9.17) is 11.6 Å². The standard InChI is InChI=1S/C12H10ClFN2O/c1-2-10-8(7-17)12(13)16(15-10)11-6-4-3-5-9(11)14/h3-7H,2H2,1H3. The number of hydrogen-bond donors (Lipinski definition) is 0. The van der Waals surface area contributed by atoms with E-state index < -0.39 is 5.82 Å². The van der Waals surface area contributed by atoms with Crippen LogP contribution in [-0.4, -0.2) is 16.1 Å². The highest BCUT2D eigenvalue weighted by Crippen LogP contribution is 2.24. The Bertz CT molecular complexity index is 566. The normalized spacial score (nSPS) is 10.5. The molecule has 0 N–H and O–H groups in total. The fraction of sp³-hybridized carbons (Fsp3) is 0.167. The van der Waals surface area contributed by atoms with Gasteiger partial charge in [-0.1, -0.05) is 30.7 Å². The van der Waals surface area contributed by atoms with Gasteiger partial charge >= 0.3 is 0 Å². The number of carbonyl (C=O) groups is 1. The van der Waals surface area contributed by atoms with Gasteiger partial charge in [-0.3, -0.25) is 4.79 Å². The Hall–Kier alpha value is -1.68. The quantitative estimate of drug-likeness (QED) is 0.787. The predicted octanol–water partition coefficient (Wildman–Crippen LogP) is 3.04. The Morgan fingerprint density at radius 3 is 2.71 bits per heavy atom. The van der Waals surface area contributed by atoms with Crippen molar-refractivity contribution in [3.8, 4) is 5.69 Å². The Labute approximate surface area is 103 Å². The lowest BCUT2D eigenvalue weighted by molar-refractivity contribution is 0.112. The third-order valence-electron chi connectivity index (χ3n) is 2.47. The van der Waals surface area contributed by atoms with E-state index in [-0.39, 0.29) is 10.8 Å². The highest BCUT2D eigenvalue weighted by atomic mass is 35.5. The molecule has 1 heterocycles. The van der Waals surface area contributed by atoms with Crippen molar-refractivity contribution in [1.82, 2.24) is 9.78 Å². The van der Waals surface area contributed by atoms with Crippen molar-refractivity contribution in [2.45, 2.75) is 13.3 Å². The number of aldehydes is 1. The molecule has 2 aromatic rings. The molecule has 0 amide bonds. The van der Waals surface area contributed by atoms with E-state index in [0.29, 0.717) is 24.0 Å². The van der Waals surface area contributed by atoms with E-state index in [2.05, 4.69) is 5.10 Å². The average molecular weight is 253 g/mol. The number of hydrogen-bond acceptors (Lipinski definition) is 2. The van der Waals surface area contributed by atoms with Gasteiger partial charge in [-0.05, 0) is 18.6 Å². The van der Waals surface area contributed by atoms with Crippen molar-refractivity contribution in [2.24, 2.45) is 0 Å². The third-order valence-corrected chi connectivity index (χ3v) is 2.84. The van der Waals surface area contributed by atoms with Crippen LogP contribution in [-0.2, 0) is 6.42 Å². The Balaban J connectivity index is 2.65. The topological polar surface area (TPSA) is 34.9 Å². The molecule has 0 aliphatic heterocycles. The van der Waals surface area contributed by atoms with Gasteiger partial charge in [0.2, 0.25) is 0 Å². The molecule has 0 bridgehead atoms. The SMILES string of the molecule is CCc1nn(-c2ccccc2F)c(Cl)c1C=O. The number of benzene rings is 1. The van der Waals surface area contributed by atoms with Crippen LogP contribution in [0.25, 0.3) is 5.69 Å². The summed E-state index contributed by atoms with van der Waals surface area (Å²) in [5.41, 5.74) is 1.12. The highest BCUT2D eigenvalue weighted by Gasteiger charge is 2.17. The van der Waals surface area contributed by atoms with E-state index in [0.717, 1.165) is 0 Å². The lowest BCUT2D eigenvalue weighted by Crippen LogP contribution is -2.00. The minimum absolute atomic E-state index is 0.141. The summed E-state index contributed by atoms with van der Waals surface area (Å²) < 4.78 is 14.8. The summed E-state index contributed by atoms with van der Waals surface area (Å²) in [7, 11) is 0. The van der Waals surface area contributed by atoms with Gasteiger partial charge in [0, 0.05) is 0 Å². The maximum Gasteiger partial charge on any atom is 0.155 e. The molecular formula is C12H10ClFN2O. The molecule has 5 heteroatoms. The Kier molecular flexibility index (Phi) is 3.24. The highest BCUT2D eigenvalue weighted by molar-refractivity contribution is 6.32. The predicted molar refractivity (Wildman–Crippen MR) is 63.3 cm³/mol. The first kappa shape index (κ1) is 11.8. The molecular weight excluding hydrogens is 243 g/mol. The summed E-state index contributed by atoms with van der Waals surface area (Å²) in [6, 6.07) is 6.14. The zero-order chi connectivity index (χ0) is 12.4. The van der Waals surface area contributed by atoms with Crippen LogP contribution in [0.5, 0.6) is 0 Å². The van der Waals surface area contributed by atoms with Crippen molar-refractivity contribution in [3.63, 3.8) is 0 Å². The van der Waals surface area contributed by atoms with E-state index >= 15 is 0 Å². The molecule has 0 saturated heterocycles. The van der Waals surface area contributed by atoms with Crippen LogP contribution >= 0.6 is 11.6 Å². The van der Waals surface area contributed by atoms with Crippen molar-refractivity contribution in [2.75, 3.05) is 0 Å². The molecule has 2 rings (SSSR count). The Morgan fingerprint density at radius 1 is 1.47 bits per heavy atom. The molecule has 0 fully saturated rings. The molecule has 1 aromatic heterocycles. The van der Waals surface area contributed by atoms with Crippen molar-refractivity contribution in [3.05, 3.63) is 46.5 Å². The number of aromatic nitrogens is 2. The van der Waals surface area contributed by atoms with E-state index in [1.165, 1.54) is 10.7 Å². The molecule has 0 unspecified atom stereocenters. The second-order valence-corrected chi connectivity index (χ2v) is 3.84. The largest absolute Gasteiger partial charge is 0.298 e. The fourth-order valence-electron chi connectivity index (χ4n) is 1.61. The molecule has 0 atom stereocenters. The van der Waals surface area contributed by atoms with E-state index in [1.807, 2.05) is 6.92 Å². The van der Waals surface area contributed by atoms with Crippen molar-refractivity contribution in [1.29, 1.82) is 0 Å². The van der Waals surface area contributed by atoms with Gasteiger partial charge < -0.3 is 0 Å².